The van der Waals surface area contributed by atoms with Crippen molar-refractivity contribution < 1.29 is 48.3 Å². The molecule has 0 amide bonds. The normalized spacial score (nSPS) is 33.9. The smallest absolute Gasteiger partial charge is 0.308 e. The van der Waals surface area contributed by atoms with Crippen LogP contribution >= 0.6 is 0 Å². The lowest BCUT2D eigenvalue weighted by molar-refractivity contribution is -0.201. The summed E-state index contributed by atoms with van der Waals surface area (Å²) in [6.07, 6.45) is -4.19. The molecule has 48 heavy (non-hydrogen) atoms. The SMILES string of the molecule is C=C1[C@@H](OC(=O)C[C@H](c2ccccc2)N(C)C)CC[C@@]2(C)[C@@H](OC(C)=O)[C@H](OC(C)=O)C3=C(C)[C@@H](OC(C)=O)CC([C@@H](O)[C@H]12)C3(C)CO. The molecule has 4 rings (SSSR count). The van der Waals surface area contributed by atoms with Gasteiger partial charge < -0.3 is 34.1 Å². The minimum atomic E-state index is -1.21. The van der Waals surface area contributed by atoms with E-state index in [1.807, 2.05) is 56.3 Å². The summed E-state index contributed by atoms with van der Waals surface area (Å²) in [7, 11) is 3.79. The van der Waals surface area contributed by atoms with Gasteiger partial charge in [0.15, 0.2) is 6.10 Å². The van der Waals surface area contributed by atoms with E-state index in [0.29, 0.717) is 29.6 Å². The third-order valence-electron chi connectivity index (χ3n) is 10.9. The van der Waals surface area contributed by atoms with E-state index in [2.05, 4.69) is 6.58 Å². The zero-order valence-electron chi connectivity index (χ0n) is 29.4. The van der Waals surface area contributed by atoms with E-state index >= 15 is 0 Å². The molecule has 2 N–H and O–H groups in total. The van der Waals surface area contributed by atoms with Crippen molar-refractivity contribution in [3.8, 4) is 0 Å². The number of carbonyl (C=O) groups excluding carboxylic acids is 4. The zero-order chi connectivity index (χ0) is 35.7. The number of rotatable bonds is 9. The second-order valence-electron chi connectivity index (χ2n) is 14.3. The van der Waals surface area contributed by atoms with E-state index in [1.165, 1.54) is 20.8 Å². The molecule has 1 aromatic carbocycles. The van der Waals surface area contributed by atoms with Crippen LogP contribution in [0.2, 0.25) is 0 Å². The predicted molar refractivity (Wildman–Crippen MR) is 176 cm³/mol. The van der Waals surface area contributed by atoms with Gasteiger partial charge in [0, 0.05) is 49.5 Å². The van der Waals surface area contributed by atoms with Crippen molar-refractivity contribution in [2.45, 2.75) is 104 Å². The van der Waals surface area contributed by atoms with Crippen molar-refractivity contribution >= 4 is 23.9 Å². The highest BCUT2D eigenvalue weighted by atomic mass is 16.6. The molecule has 2 fully saturated rings. The van der Waals surface area contributed by atoms with Gasteiger partial charge in [-0.05, 0) is 62.6 Å². The molecule has 0 radical (unpaired) electrons. The number of aliphatic hydroxyl groups is 2. The zero-order valence-corrected chi connectivity index (χ0v) is 29.4. The van der Waals surface area contributed by atoms with Crippen LogP contribution in [0.4, 0.5) is 0 Å². The summed E-state index contributed by atoms with van der Waals surface area (Å²) < 4.78 is 23.9. The van der Waals surface area contributed by atoms with E-state index in [4.69, 9.17) is 18.9 Å². The Labute approximate surface area is 283 Å². The summed E-state index contributed by atoms with van der Waals surface area (Å²) in [5.74, 6) is -3.79. The molecule has 3 aliphatic rings. The van der Waals surface area contributed by atoms with Crippen LogP contribution in [0.15, 0.2) is 53.6 Å². The quantitative estimate of drug-likeness (QED) is 0.223. The number of hydrogen-bond donors (Lipinski definition) is 2. The van der Waals surface area contributed by atoms with E-state index in [9.17, 15) is 29.4 Å². The Bertz CT molecular complexity index is 1440. The Morgan fingerprint density at radius 3 is 2.10 bits per heavy atom. The Hall–Kier alpha value is -3.54. The molecule has 2 unspecified atom stereocenters. The maximum atomic E-state index is 13.5. The molecule has 264 valence electrons. The number of esters is 4. The summed E-state index contributed by atoms with van der Waals surface area (Å²) in [5, 5.41) is 23.5. The Balaban J connectivity index is 1.81. The van der Waals surface area contributed by atoms with Gasteiger partial charge >= 0.3 is 23.9 Å². The van der Waals surface area contributed by atoms with Crippen LogP contribution in [0.5, 0.6) is 0 Å². The predicted octanol–water partition coefficient (Wildman–Crippen LogP) is 4.07. The molecule has 11 heteroatoms. The number of ether oxygens (including phenoxy) is 4. The Morgan fingerprint density at radius 1 is 0.958 bits per heavy atom. The number of carbonyl (C=O) groups is 4. The van der Waals surface area contributed by atoms with Crippen LogP contribution in [0.25, 0.3) is 0 Å². The van der Waals surface area contributed by atoms with Crippen LogP contribution in [0.1, 0.15) is 78.8 Å². The number of fused-ring (bicyclic) bond motifs is 3. The maximum absolute atomic E-state index is 13.5. The van der Waals surface area contributed by atoms with E-state index in [1.54, 1.807) is 13.8 Å². The highest BCUT2D eigenvalue weighted by molar-refractivity contribution is 5.71. The molecular weight excluding hydrogens is 618 g/mol. The summed E-state index contributed by atoms with van der Waals surface area (Å²) >= 11 is 0. The minimum Gasteiger partial charge on any atom is -0.458 e. The van der Waals surface area contributed by atoms with Gasteiger partial charge in [-0.2, -0.15) is 0 Å². The molecule has 0 aliphatic heterocycles. The molecule has 10 atom stereocenters. The lowest BCUT2D eigenvalue weighted by Crippen LogP contribution is -2.64. The lowest BCUT2D eigenvalue weighted by atomic mass is 9.49. The fraction of sp³-hybridized carbons (Fsp3) is 0.622. The van der Waals surface area contributed by atoms with Gasteiger partial charge in [0.05, 0.1) is 19.1 Å². The summed E-state index contributed by atoms with van der Waals surface area (Å²) in [4.78, 5) is 53.1. The monoisotopic (exact) mass is 669 g/mol. The molecule has 0 saturated heterocycles. The Morgan fingerprint density at radius 2 is 1.56 bits per heavy atom. The average molecular weight is 670 g/mol. The van der Waals surface area contributed by atoms with Crippen molar-refractivity contribution in [2.75, 3.05) is 20.7 Å². The molecule has 11 nitrogen and oxygen atoms in total. The third kappa shape index (κ3) is 7.09. The fourth-order valence-corrected chi connectivity index (χ4v) is 8.61. The second kappa shape index (κ2) is 14.5. The van der Waals surface area contributed by atoms with Crippen molar-refractivity contribution in [3.05, 3.63) is 59.2 Å². The highest BCUT2D eigenvalue weighted by Gasteiger charge is 2.64. The molecule has 3 aliphatic carbocycles. The number of hydrogen-bond acceptors (Lipinski definition) is 11. The first-order valence-electron chi connectivity index (χ1n) is 16.6. The van der Waals surface area contributed by atoms with Gasteiger partial charge in [-0.15, -0.1) is 0 Å². The Kier molecular flexibility index (Phi) is 11.3. The standard InChI is InChI=1S/C37H51NO10/c1-20-28(48-30(43)18-27(38(8)9)25-13-11-10-12-14-25)15-16-36(6)31(20)33(44)26-17-29(45-22(3)40)21(2)32(37(26,7)19-39)34(46-23(4)41)35(36)47-24(5)42/h10-14,26-29,31,33-35,39,44H,1,15-19H2,2-9H3/t26?,27-,28+,29+,31+,33-,34-,35+,36-,37?/m1/s1. The molecule has 0 spiro atoms. The van der Waals surface area contributed by atoms with Gasteiger partial charge in [-0.3, -0.25) is 19.2 Å². The summed E-state index contributed by atoms with van der Waals surface area (Å²) in [6, 6.07) is 9.43. The van der Waals surface area contributed by atoms with E-state index in [0.717, 1.165) is 5.56 Å². The first-order chi connectivity index (χ1) is 22.5. The number of benzene rings is 1. The van der Waals surface area contributed by atoms with E-state index < -0.39 is 83.7 Å². The topological polar surface area (TPSA) is 149 Å². The van der Waals surface area contributed by atoms with Crippen molar-refractivity contribution in [2.24, 2.45) is 22.7 Å². The largest absolute Gasteiger partial charge is 0.458 e. The summed E-state index contributed by atoms with van der Waals surface area (Å²) in [6.45, 7) is 13.1. The first-order valence-corrected chi connectivity index (χ1v) is 16.6. The second-order valence-corrected chi connectivity index (χ2v) is 14.3. The summed E-state index contributed by atoms with van der Waals surface area (Å²) in [5.41, 5.74) is 0.180. The molecule has 2 bridgehead atoms. The molecule has 1 aromatic rings. The molecule has 2 saturated carbocycles. The van der Waals surface area contributed by atoms with Gasteiger partial charge in [-0.1, -0.05) is 50.8 Å². The van der Waals surface area contributed by atoms with Crippen LogP contribution in [0.3, 0.4) is 0 Å². The number of aliphatic hydroxyl groups excluding tert-OH is 2. The molecular formula is C37H51NO10. The van der Waals surface area contributed by atoms with Crippen LogP contribution in [-0.4, -0.2) is 90.2 Å². The van der Waals surface area contributed by atoms with Crippen LogP contribution < -0.4 is 0 Å². The fourth-order valence-electron chi connectivity index (χ4n) is 8.61. The lowest BCUT2D eigenvalue weighted by Gasteiger charge is -2.60. The van der Waals surface area contributed by atoms with Crippen LogP contribution in [-0.2, 0) is 38.1 Å². The molecule has 0 heterocycles. The molecule has 0 aromatic heterocycles. The van der Waals surface area contributed by atoms with Gasteiger partial charge in [0.2, 0.25) is 0 Å². The average Bonchev–Trinajstić information content (AvgIpc) is 3.00. The van der Waals surface area contributed by atoms with Gasteiger partial charge in [0.1, 0.15) is 18.3 Å². The van der Waals surface area contributed by atoms with Crippen LogP contribution in [0, 0.1) is 22.7 Å². The minimum absolute atomic E-state index is 0.0819. The number of nitrogens with zero attached hydrogens (tertiary/aromatic N) is 1. The highest BCUT2D eigenvalue weighted by Crippen LogP contribution is 2.60. The maximum Gasteiger partial charge on any atom is 0.308 e. The van der Waals surface area contributed by atoms with Gasteiger partial charge in [0.25, 0.3) is 0 Å². The van der Waals surface area contributed by atoms with Crippen molar-refractivity contribution in [1.82, 2.24) is 4.90 Å². The third-order valence-corrected chi connectivity index (χ3v) is 10.9. The van der Waals surface area contributed by atoms with Crippen molar-refractivity contribution in [3.63, 3.8) is 0 Å². The van der Waals surface area contributed by atoms with E-state index in [-0.39, 0.29) is 18.9 Å². The van der Waals surface area contributed by atoms with Crippen molar-refractivity contribution in [1.29, 1.82) is 0 Å². The van der Waals surface area contributed by atoms with Gasteiger partial charge in [-0.25, -0.2) is 0 Å². The first kappa shape index (κ1) is 37.3.